The molecule has 0 spiro atoms. The third kappa shape index (κ3) is 4.87. The number of methoxy groups -OCH3 is 1. The van der Waals surface area contributed by atoms with E-state index in [1.807, 2.05) is 36.4 Å². The smallest absolute Gasteiger partial charge is 0.407 e. The monoisotopic (exact) mass is 447 g/mol. The summed E-state index contributed by atoms with van der Waals surface area (Å²) in [5.41, 5.74) is 4.66. The summed E-state index contributed by atoms with van der Waals surface area (Å²) in [6.45, 7) is 1.54. The molecule has 0 fully saturated rings. The maximum Gasteiger partial charge on any atom is 0.407 e. The van der Waals surface area contributed by atoms with Crippen LogP contribution in [-0.2, 0) is 16.0 Å². The second-order valence-electron chi connectivity index (χ2n) is 7.77. The Balaban J connectivity index is 1.66. The van der Waals surface area contributed by atoms with Gasteiger partial charge in [-0.05, 0) is 44.0 Å². The molecule has 0 radical (unpaired) electrons. The number of carbonyl (C=O) groups excluding carboxylic acids is 3. The Labute approximate surface area is 191 Å². The first-order valence-corrected chi connectivity index (χ1v) is 10.7. The number of alkyl carbamates (subject to hydrolysis) is 1. The standard InChI is InChI=1S/C24H25N5O4/c1-14(26-24(32)33-2)23(31)29-19-13-15(11-12-25-19)21-22(27-16-7-4-3-5-8-16)20-17(28-21)9-6-10-18(20)30/h3-5,7-8,11-14,27-28H,6,9-10H2,1-2H3,(H,26,32)(H,25,29,31). The van der Waals surface area contributed by atoms with Gasteiger partial charge >= 0.3 is 6.09 Å². The molecule has 4 rings (SSSR count). The van der Waals surface area contributed by atoms with E-state index in [0.717, 1.165) is 35.5 Å². The number of fused-ring (bicyclic) bond motifs is 1. The first-order valence-electron chi connectivity index (χ1n) is 10.7. The van der Waals surface area contributed by atoms with Crippen molar-refractivity contribution in [1.29, 1.82) is 0 Å². The van der Waals surface area contributed by atoms with Gasteiger partial charge in [-0.15, -0.1) is 0 Å². The number of rotatable bonds is 6. The third-order valence-electron chi connectivity index (χ3n) is 5.44. The van der Waals surface area contributed by atoms with Crippen LogP contribution in [0, 0.1) is 0 Å². The Hall–Kier alpha value is -4.14. The number of H-pyrrole nitrogens is 1. The summed E-state index contributed by atoms with van der Waals surface area (Å²) >= 11 is 0. The lowest BCUT2D eigenvalue weighted by molar-refractivity contribution is -0.117. The Bertz CT molecular complexity index is 1190. The molecule has 0 saturated carbocycles. The van der Waals surface area contributed by atoms with Crippen LogP contribution >= 0.6 is 0 Å². The van der Waals surface area contributed by atoms with E-state index in [-0.39, 0.29) is 5.78 Å². The quantitative estimate of drug-likeness (QED) is 0.452. The van der Waals surface area contributed by atoms with Crippen molar-refractivity contribution in [3.63, 3.8) is 0 Å². The van der Waals surface area contributed by atoms with Crippen LogP contribution in [0.3, 0.4) is 0 Å². The summed E-state index contributed by atoms with van der Waals surface area (Å²) in [6.07, 6.45) is 2.99. The second-order valence-corrected chi connectivity index (χ2v) is 7.77. The van der Waals surface area contributed by atoms with Gasteiger partial charge in [0.05, 0.1) is 24.1 Å². The second kappa shape index (κ2) is 9.56. The zero-order chi connectivity index (χ0) is 23.4. The summed E-state index contributed by atoms with van der Waals surface area (Å²) in [5.74, 6) is -0.0170. The minimum Gasteiger partial charge on any atom is -0.453 e. The van der Waals surface area contributed by atoms with Crippen molar-refractivity contribution in [2.24, 2.45) is 0 Å². The summed E-state index contributed by atoms with van der Waals surface area (Å²) in [5, 5.41) is 8.51. The van der Waals surface area contributed by atoms with Crippen LogP contribution in [-0.4, -0.2) is 40.9 Å². The molecule has 4 N–H and O–H groups in total. The molecule has 1 unspecified atom stereocenters. The minimum absolute atomic E-state index is 0.0995. The number of benzene rings is 1. The fraction of sp³-hybridized carbons (Fsp3) is 0.250. The van der Waals surface area contributed by atoms with Crippen molar-refractivity contribution in [3.05, 3.63) is 59.9 Å². The molecule has 2 heterocycles. The molecule has 0 bridgehead atoms. The number of amides is 2. The van der Waals surface area contributed by atoms with E-state index in [4.69, 9.17) is 0 Å². The average molecular weight is 447 g/mol. The number of aromatic amines is 1. The van der Waals surface area contributed by atoms with Crippen LogP contribution in [0.1, 0.15) is 35.8 Å². The molecule has 0 saturated heterocycles. The molecule has 33 heavy (non-hydrogen) atoms. The highest BCUT2D eigenvalue weighted by Gasteiger charge is 2.27. The number of nitrogens with zero attached hydrogens (tertiary/aromatic N) is 1. The number of ether oxygens (including phenoxy) is 1. The largest absolute Gasteiger partial charge is 0.453 e. The SMILES string of the molecule is COC(=O)NC(C)C(=O)Nc1cc(-c2[nH]c3c(c2Nc2ccccc2)C(=O)CCC3)ccn1. The molecule has 0 aliphatic heterocycles. The van der Waals surface area contributed by atoms with Crippen molar-refractivity contribution >= 4 is 35.0 Å². The van der Waals surface area contributed by atoms with Crippen molar-refractivity contribution < 1.29 is 19.1 Å². The molecule has 3 aromatic rings. The lowest BCUT2D eigenvalue weighted by Gasteiger charge is -2.14. The molecular weight excluding hydrogens is 422 g/mol. The number of para-hydroxylation sites is 1. The van der Waals surface area contributed by atoms with Crippen LogP contribution in [0.15, 0.2) is 48.7 Å². The van der Waals surface area contributed by atoms with E-state index in [9.17, 15) is 14.4 Å². The van der Waals surface area contributed by atoms with Crippen LogP contribution in [0.4, 0.5) is 22.0 Å². The van der Waals surface area contributed by atoms with Gasteiger partial charge in [0, 0.05) is 29.6 Å². The highest BCUT2D eigenvalue weighted by molar-refractivity contribution is 6.07. The van der Waals surface area contributed by atoms with Gasteiger partial charge in [-0.1, -0.05) is 18.2 Å². The van der Waals surface area contributed by atoms with Gasteiger partial charge in [0.1, 0.15) is 11.9 Å². The number of aryl methyl sites for hydroxylation is 1. The number of ketones is 1. The lowest BCUT2D eigenvalue weighted by atomic mass is 9.95. The Morgan fingerprint density at radius 1 is 1.15 bits per heavy atom. The van der Waals surface area contributed by atoms with Gasteiger partial charge in [-0.25, -0.2) is 9.78 Å². The molecule has 9 heteroatoms. The number of carbonyl (C=O) groups is 3. The Kier molecular flexibility index (Phi) is 6.39. The molecule has 2 amide bonds. The van der Waals surface area contributed by atoms with Gasteiger partial charge < -0.3 is 25.7 Å². The Morgan fingerprint density at radius 3 is 2.70 bits per heavy atom. The molecule has 1 aliphatic rings. The van der Waals surface area contributed by atoms with Gasteiger partial charge in [0.15, 0.2) is 5.78 Å². The predicted molar refractivity (Wildman–Crippen MR) is 125 cm³/mol. The molecule has 1 aliphatic carbocycles. The summed E-state index contributed by atoms with van der Waals surface area (Å²) < 4.78 is 4.52. The van der Waals surface area contributed by atoms with Crippen LogP contribution in [0.5, 0.6) is 0 Å². The van der Waals surface area contributed by atoms with Crippen molar-refractivity contribution in [3.8, 4) is 11.3 Å². The fourth-order valence-corrected chi connectivity index (χ4v) is 3.80. The van der Waals surface area contributed by atoms with E-state index in [1.165, 1.54) is 7.11 Å². The topological polar surface area (TPSA) is 125 Å². The van der Waals surface area contributed by atoms with Gasteiger partial charge in [0.2, 0.25) is 5.91 Å². The van der Waals surface area contributed by atoms with E-state index in [2.05, 4.69) is 30.7 Å². The van der Waals surface area contributed by atoms with Crippen LogP contribution < -0.4 is 16.0 Å². The number of anilines is 3. The number of hydrogen-bond donors (Lipinski definition) is 4. The Morgan fingerprint density at radius 2 is 1.94 bits per heavy atom. The maximum absolute atomic E-state index is 12.8. The normalized spacial score (nSPS) is 13.6. The first-order chi connectivity index (χ1) is 16.0. The highest BCUT2D eigenvalue weighted by Crippen LogP contribution is 2.39. The number of pyridine rings is 1. The molecule has 1 atom stereocenters. The molecule has 9 nitrogen and oxygen atoms in total. The van der Waals surface area contributed by atoms with Crippen LogP contribution in [0.2, 0.25) is 0 Å². The van der Waals surface area contributed by atoms with E-state index in [1.54, 1.807) is 19.2 Å². The fourth-order valence-electron chi connectivity index (χ4n) is 3.80. The third-order valence-corrected chi connectivity index (χ3v) is 5.44. The van der Waals surface area contributed by atoms with Crippen molar-refractivity contribution in [1.82, 2.24) is 15.3 Å². The molecule has 2 aromatic heterocycles. The number of hydrogen-bond acceptors (Lipinski definition) is 6. The number of aromatic nitrogens is 2. The summed E-state index contributed by atoms with van der Waals surface area (Å²) in [4.78, 5) is 44.2. The summed E-state index contributed by atoms with van der Waals surface area (Å²) in [7, 11) is 1.23. The lowest BCUT2D eigenvalue weighted by Crippen LogP contribution is -2.41. The zero-order valence-corrected chi connectivity index (χ0v) is 18.4. The van der Waals surface area contributed by atoms with Crippen LogP contribution in [0.25, 0.3) is 11.3 Å². The predicted octanol–water partition coefficient (Wildman–Crippen LogP) is 4.02. The van der Waals surface area contributed by atoms with Crippen molar-refractivity contribution in [2.75, 3.05) is 17.7 Å². The molecular formula is C24H25N5O4. The first kappa shape index (κ1) is 22.1. The number of nitrogens with one attached hydrogen (secondary N) is 4. The van der Waals surface area contributed by atoms with E-state index >= 15 is 0 Å². The van der Waals surface area contributed by atoms with Gasteiger partial charge in [-0.2, -0.15) is 0 Å². The van der Waals surface area contributed by atoms with Gasteiger partial charge in [-0.3, -0.25) is 9.59 Å². The average Bonchev–Trinajstić information content (AvgIpc) is 3.19. The zero-order valence-electron chi connectivity index (χ0n) is 18.4. The van der Waals surface area contributed by atoms with E-state index in [0.29, 0.717) is 23.5 Å². The van der Waals surface area contributed by atoms with Crippen molar-refractivity contribution in [2.45, 2.75) is 32.2 Å². The minimum atomic E-state index is -0.811. The molecule has 1 aromatic carbocycles. The maximum atomic E-state index is 12.8. The summed E-state index contributed by atoms with van der Waals surface area (Å²) in [6, 6.07) is 12.4. The number of Topliss-reactive ketones (excluding diaryl/α,β-unsaturated/α-hetero) is 1. The highest BCUT2D eigenvalue weighted by atomic mass is 16.5. The van der Waals surface area contributed by atoms with E-state index < -0.39 is 18.0 Å². The molecule has 170 valence electrons. The van der Waals surface area contributed by atoms with Gasteiger partial charge in [0.25, 0.3) is 0 Å².